The standard InChI is InChI=1S/C22H21NO3/c1-26-21-12-9-19(15-18(21)13-16-5-3-2-4-6-16)23-22(25)14-17-7-10-20(24)11-8-17/h2-12,15,24H,13-14H2,1H3,(H,23,25). The van der Waals surface area contributed by atoms with E-state index < -0.39 is 0 Å². The molecule has 0 radical (unpaired) electrons. The molecule has 26 heavy (non-hydrogen) atoms. The van der Waals surface area contributed by atoms with E-state index in [4.69, 9.17) is 4.74 Å². The van der Waals surface area contributed by atoms with Crippen molar-refractivity contribution in [2.75, 3.05) is 12.4 Å². The highest BCUT2D eigenvalue weighted by Gasteiger charge is 2.09. The zero-order valence-corrected chi connectivity index (χ0v) is 14.6. The first-order chi connectivity index (χ1) is 12.6. The van der Waals surface area contributed by atoms with Crippen LogP contribution in [0.3, 0.4) is 0 Å². The summed E-state index contributed by atoms with van der Waals surface area (Å²) < 4.78 is 5.45. The summed E-state index contributed by atoms with van der Waals surface area (Å²) in [6.45, 7) is 0. The zero-order valence-electron chi connectivity index (χ0n) is 14.6. The van der Waals surface area contributed by atoms with Crippen LogP contribution in [-0.4, -0.2) is 18.1 Å². The maximum atomic E-state index is 12.3. The van der Waals surface area contributed by atoms with Crippen LogP contribution in [0.15, 0.2) is 72.8 Å². The van der Waals surface area contributed by atoms with Crippen LogP contribution in [0, 0.1) is 0 Å². The Morgan fingerprint density at radius 3 is 2.38 bits per heavy atom. The number of amides is 1. The number of phenolic OH excluding ortho intramolecular Hbond substituents is 1. The van der Waals surface area contributed by atoms with Gasteiger partial charge < -0.3 is 15.2 Å². The van der Waals surface area contributed by atoms with Crippen molar-refractivity contribution in [2.24, 2.45) is 0 Å². The fourth-order valence-corrected chi connectivity index (χ4v) is 2.81. The molecular formula is C22H21NO3. The van der Waals surface area contributed by atoms with Gasteiger partial charge in [0.2, 0.25) is 5.91 Å². The van der Waals surface area contributed by atoms with Crippen LogP contribution >= 0.6 is 0 Å². The minimum absolute atomic E-state index is 0.105. The average Bonchev–Trinajstić information content (AvgIpc) is 2.65. The molecule has 0 fully saturated rings. The molecule has 4 nitrogen and oxygen atoms in total. The molecule has 0 saturated heterocycles. The number of aromatic hydroxyl groups is 1. The van der Waals surface area contributed by atoms with Gasteiger partial charge in [0, 0.05) is 17.7 Å². The van der Waals surface area contributed by atoms with E-state index >= 15 is 0 Å². The van der Waals surface area contributed by atoms with Crippen molar-refractivity contribution in [1.29, 1.82) is 0 Å². The highest BCUT2D eigenvalue weighted by molar-refractivity contribution is 5.92. The highest BCUT2D eigenvalue weighted by atomic mass is 16.5. The molecule has 0 unspecified atom stereocenters. The molecule has 0 spiro atoms. The fraction of sp³-hybridized carbons (Fsp3) is 0.136. The van der Waals surface area contributed by atoms with Crippen molar-refractivity contribution < 1.29 is 14.6 Å². The number of carbonyl (C=O) groups excluding carboxylic acids is 1. The normalized spacial score (nSPS) is 10.3. The van der Waals surface area contributed by atoms with Crippen molar-refractivity contribution in [3.8, 4) is 11.5 Å². The van der Waals surface area contributed by atoms with Gasteiger partial charge in [-0.3, -0.25) is 4.79 Å². The smallest absolute Gasteiger partial charge is 0.228 e. The Hall–Kier alpha value is -3.27. The summed E-state index contributed by atoms with van der Waals surface area (Å²) in [7, 11) is 1.65. The quantitative estimate of drug-likeness (QED) is 0.703. The van der Waals surface area contributed by atoms with Crippen molar-refractivity contribution in [1.82, 2.24) is 0 Å². The second kappa shape index (κ2) is 8.21. The monoisotopic (exact) mass is 347 g/mol. The molecule has 0 aliphatic heterocycles. The summed E-state index contributed by atoms with van der Waals surface area (Å²) in [5.41, 5.74) is 3.78. The maximum Gasteiger partial charge on any atom is 0.228 e. The first kappa shape index (κ1) is 17.5. The number of phenols is 1. The largest absolute Gasteiger partial charge is 0.508 e. The van der Waals surface area contributed by atoms with Gasteiger partial charge in [0.25, 0.3) is 0 Å². The van der Waals surface area contributed by atoms with Crippen LogP contribution in [0.5, 0.6) is 11.5 Å². The summed E-state index contributed by atoms with van der Waals surface area (Å²) >= 11 is 0. The summed E-state index contributed by atoms with van der Waals surface area (Å²) in [5, 5.41) is 12.2. The second-order valence-electron chi connectivity index (χ2n) is 6.08. The Balaban J connectivity index is 1.72. The number of hydrogen-bond acceptors (Lipinski definition) is 3. The molecule has 3 aromatic carbocycles. The molecule has 3 rings (SSSR count). The van der Waals surface area contributed by atoms with Gasteiger partial charge in [-0.15, -0.1) is 0 Å². The first-order valence-electron chi connectivity index (χ1n) is 8.42. The van der Waals surface area contributed by atoms with E-state index in [1.807, 2.05) is 36.4 Å². The minimum atomic E-state index is -0.105. The Morgan fingerprint density at radius 2 is 1.69 bits per heavy atom. The van der Waals surface area contributed by atoms with Crippen LogP contribution in [0.2, 0.25) is 0 Å². The third-order valence-electron chi connectivity index (χ3n) is 4.10. The summed E-state index contributed by atoms with van der Waals surface area (Å²) in [6.07, 6.45) is 0.978. The van der Waals surface area contributed by atoms with E-state index in [1.165, 1.54) is 5.56 Å². The number of hydrogen-bond donors (Lipinski definition) is 2. The summed E-state index contributed by atoms with van der Waals surface area (Å²) in [6, 6.07) is 22.4. The van der Waals surface area contributed by atoms with Gasteiger partial charge in [0.1, 0.15) is 11.5 Å². The number of carbonyl (C=O) groups is 1. The molecule has 1 amide bonds. The number of ether oxygens (including phenoxy) is 1. The molecule has 4 heteroatoms. The van der Waals surface area contributed by atoms with Crippen LogP contribution in [0.4, 0.5) is 5.69 Å². The Labute approximate surface area is 153 Å². The zero-order chi connectivity index (χ0) is 18.4. The van der Waals surface area contributed by atoms with E-state index in [9.17, 15) is 9.90 Å². The van der Waals surface area contributed by atoms with E-state index in [0.717, 1.165) is 29.0 Å². The van der Waals surface area contributed by atoms with Crippen LogP contribution < -0.4 is 10.1 Å². The predicted molar refractivity (Wildman–Crippen MR) is 103 cm³/mol. The van der Waals surface area contributed by atoms with Crippen molar-refractivity contribution in [2.45, 2.75) is 12.8 Å². The van der Waals surface area contributed by atoms with E-state index in [2.05, 4.69) is 17.4 Å². The van der Waals surface area contributed by atoms with E-state index in [1.54, 1.807) is 31.4 Å². The van der Waals surface area contributed by atoms with Gasteiger partial charge >= 0.3 is 0 Å². The Bertz CT molecular complexity index is 874. The third kappa shape index (κ3) is 4.63. The highest BCUT2D eigenvalue weighted by Crippen LogP contribution is 2.25. The average molecular weight is 347 g/mol. The molecule has 2 N–H and O–H groups in total. The van der Waals surface area contributed by atoms with Crippen LogP contribution in [0.1, 0.15) is 16.7 Å². The molecule has 0 heterocycles. The molecule has 0 atom stereocenters. The second-order valence-corrected chi connectivity index (χ2v) is 6.08. The topological polar surface area (TPSA) is 58.6 Å². The fourth-order valence-electron chi connectivity index (χ4n) is 2.81. The molecule has 0 aliphatic rings. The molecule has 0 aliphatic carbocycles. The number of benzene rings is 3. The first-order valence-corrected chi connectivity index (χ1v) is 8.42. The van der Waals surface area contributed by atoms with Crippen molar-refractivity contribution in [3.05, 3.63) is 89.5 Å². The lowest BCUT2D eigenvalue weighted by atomic mass is 10.0. The van der Waals surface area contributed by atoms with Gasteiger partial charge in [0.15, 0.2) is 0 Å². The lowest BCUT2D eigenvalue weighted by molar-refractivity contribution is -0.115. The molecule has 132 valence electrons. The molecular weight excluding hydrogens is 326 g/mol. The van der Waals surface area contributed by atoms with Crippen molar-refractivity contribution >= 4 is 11.6 Å². The number of anilines is 1. The Morgan fingerprint density at radius 1 is 0.962 bits per heavy atom. The lowest BCUT2D eigenvalue weighted by Crippen LogP contribution is -2.14. The van der Waals surface area contributed by atoms with E-state index in [-0.39, 0.29) is 18.1 Å². The Kier molecular flexibility index (Phi) is 5.54. The predicted octanol–water partition coefficient (Wildman–Crippen LogP) is 4.17. The van der Waals surface area contributed by atoms with Crippen LogP contribution in [-0.2, 0) is 17.6 Å². The minimum Gasteiger partial charge on any atom is -0.508 e. The summed E-state index contributed by atoms with van der Waals surface area (Å²) in [4.78, 5) is 12.3. The van der Waals surface area contributed by atoms with Gasteiger partial charge in [0.05, 0.1) is 13.5 Å². The van der Waals surface area contributed by atoms with Gasteiger partial charge in [-0.05, 0) is 41.5 Å². The SMILES string of the molecule is COc1ccc(NC(=O)Cc2ccc(O)cc2)cc1Cc1ccccc1. The molecule has 0 bridgehead atoms. The summed E-state index contributed by atoms with van der Waals surface area (Å²) in [5.74, 6) is 0.881. The molecule has 0 saturated carbocycles. The van der Waals surface area contributed by atoms with E-state index in [0.29, 0.717) is 0 Å². The van der Waals surface area contributed by atoms with Gasteiger partial charge in [-0.25, -0.2) is 0 Å². The number of methoxy groups -OCH3 is 1. The van der Waals surface area contributed by atoms with Crippen LogP contribution in [0.25, 0.3) is 0 Å². The maximum absolute atomic E-state index is 12.3. The van der Waals surface area contributed by atoms with Crippen molar-refractivity contribution in [3.63, 3.8) is 0 Å². The third-order valence-corrected chi connectivity index (χ3v) is 4.10. The van der Waals surface area contributed by atoms with Gasteiger partial charge in [-0.2, -0.15) is 0 Å². The molecule has 0 aromatic heterocycles. The van der Waals surface area contributed by atoms with Gasteiger partial charge in [-0.1, -0.05) is 42.5 Å². The lowest BCUT2D eigenvalue weighted by Gasteiger charge is -2.12. The number of rotatable bonds is 6. The number of nitrogens with one attached hydrogen (secondary N) is 1. The molecule has 3 aromatic rings.